The molecule has 5 nitrogen and oxygen atoms in total. The molecule has 0 unspecified atom stereocenters. The van der Waals surface area contributed by atoms with Crippen molar-refractivity contribution in [2.45, 2.75) is 25.5 Å². The summed E-state index contributed by atoms with van der Waals surface area (Å²) < 4.78 is 17.5. The van der Waals surface area contributed by atoms with Crippen LogP contribution in [0, 0.1) is 5.41 Å². The van der Waals surface area contributed by atoms with Crippen molar-refractivity contribution in [1.29, 1.82) is 0 Å². The van der Waals surface area contributed by atoms with Crippen molar-refractivity contribution in [3.8, 4) is 5.75 Å². The van der Waals surface area contributed by atoms with Gasteiger partial charge < -0.3 is 13.9 Å². The molecule has 0 aliphatic carbocycles. The van der Waals surface area contributed by atoms with E-state index in [0.717, 1.165) is 50.6 Å². The zero-order valence-corrected chi connectivity index (χ0v) is 13.2. The van der Waals surface area contributed by atoms with Crippen LogP contribution in [0.3, 0.4) is 0 Å². The fraction of sp³-hybridized carbons (Fsp3) is 0.500. The Bertz CT molecular complexity index is 616. The Hall–Kier alpha value is -1.85. The molecule has 5 heteroatoms. The van der Waals surface area contributed by atoms with Gasteiger partial charge in [0.1, 0.15) is 11.5 Å². The molecule has 2 aromatic rings. The van der Waals surface area contributed by atoms with Gasteiger partial charge in [0, 0.05) is 31.3 Å². The van der Waals surface area contributed by atoms with Crippen molar-refractivity contribution in [2.75, 3.05) is 26.3 Å². The number of hydrogen-bond donors (Lipinski definition) is 0. The quantitative estimate of drug-likeness (QED) is 0.849. The van der Waals surface area contributed by atoms with E-state index in [-0.39, 0.29) is 5.41 Å². The number of likely N-dealkylation sites (tertiary alicyclic amines) is 1. The van der Waals surface area contributed by atoms with Crippen LogP contribution in [0.25, 0.3) is 0 Å². The average Bonchev–Trinajstić information content (AvgIpc) is 3.23. The van der Waals surface area contributed by atoms with Crippen LogP contribution in [0.4, 0.5) is 0 Å². The highest BCUT2D eigenvalue weighted by atomic mass is 16.5. The Morgan fingerprint density at radius 2 is 2.35 bits per heavy atom. The minimum absolute atomic E-state index is 0.0701. The molecule has 2 aromatic heterocycles. The minimum Gasteiger partial charge on any atom is -0.491 e. The predicted octanol–water partition coefficient (Wildman–Crippen LogP) is 2.73. The van der Waals surface area contributed by atoms with Crippen LogP contribution in [-0.4, -0.2) is 42.3 Å². The monoisotopic (exact) mass is 314 g/mol. The van der Waals surface area contributed by atoms with Gasteiger partial charge in [0.15, 0.2) is 0 Å². The van der Waals surface area contributed by atoms with Crippen molar-refractivity contribution in [3.63, 3.8) is 0 Å². The van der Waals surface area contributed by atoms with E-state index in [1.54, 1.807) is 18.7 Å². The molecule has 0 spiro atoms. The van der Waals surface area contributed by atoms with Gasteiger partial charge in [-0.2, -0.15) is 0 Å². The second-order valence-corrected chi connectivity index (χ2v) is 6.53. The van der Waals surface area contributed by atoms with Crippen molar-refractivity contribution in [2.24, 2.45) is 5.41 Å². The van der Waals surface area contributed by atoms with E-state index in [1.807, 2.05) is 24.3 Å². The van der Waals surface area contributed by atoms with Crippen LogP contribution in [0.1, 0.15) is 18.6 Å². The number of piperidine rings is 1. The van der Waals surface area contributed by atoms with E-state index in [9.17, 15) is 0 Å². The second-order valence-electron chi connectivity index (χ2n) is 6.53. The topological polar surface area (TPSA) is 47.7 Å². The van der Waals surface area contributed by atoms with Crippen LogP contribution >= 0.6 is 0 Å². The molecule has 0 saturated carbocycles. The van der Waals surface area contributed by atoms with Crippen LogP contribution in [0.5, 0.6) is 5.75 Å². The van der Waals surface area contributed by atoms with E-state index >= 15 is 0 Å². The summed E-state index contributed by atoms with van der Waals surface area (Å²) in [5, 5.41) is 0. The minimum atomic E-state index is 0.0701. The first-order chi connectivity index (χ1) is 11.3. The molecule has 2 aliphatic heterocycles. The lowest BCUT2D eigenvalue weighted by atomic mass is 9.77. The van der Waals surface area contributed by atoms with Crippen molar-refractivity contribution in [3.05, 3.63) is 48.7 Å². The zero-order chi connectivity index (χ0) is 15.5. The number of pyridine rings is 1. The summed E-state index contributed by atoms with van der Waals surface area (Å²) in [6.45, 7) is 4.39. The largest absolute Gasteiger partial charge is 0.491 e. The summed E-state index contributed by atoms with van der Waals surface area (Å²) in [6.07, 6.45) is 7.67. The molecule has 122 valence electrons. The molecular formula is C18H22N2O3. The Labute approximate surface area is 136 Å². The van der Waals surface area contributed by atoms with Crippen molar-refractivity contribution < 1.29 is 13.9 Å². The maximum Gasteiger partial charge on any atom is 0.137 e. The third-order valence-electron chi connectivity index (χ3n) is 4.97. The molecule has 2 fully saturated rings. The molecule has 4 rings (SSSR count). The van der Waals surface area contributed by atoms with E-state index in [4.69, 9.17) is 13.9 Å². The Morgan fingerprint density at radius 1 is 1.35 bits per heavy atom. The first-order valence-electron chi connectivity index (χ1n) is 8.23. The Balaban J connectivity index is 1.44. The first-order valence-corrected chi connectivity index (χ1v) is 8.23. The lowest BCUT2D eigenvalue weighted by Gasteiger charge is -2.43. The van der Waals surface area contributed by atoms with E-state index in [1.165, 1.54) is 0 Å². The van der Waals surface area contributed by atoms with Gasteiger partial charge in [-0.15, -0.1) is 0 Å². The number of nitrogens with zero attached hydrogens (tertiary/aromatic N) is 2. The molecule has 0 radical (unpaired) electrons. The number of fused-ring (bicyclic) bond motifs is 1. The SMILES string of the molecule is c1cncc(OC[C@@]23CCO[C@@H]2CCN(Cc2ccco2)C3)c1. The number of aromatic nitrogens is 1. The van der Waals surface area contributed by atoms with Gasteiger partial charge in [0.25, 0.3) is 0 Å². The number of ether oxygens (including phenoxy) is 2. The molecular weight excluding hydrogens is 292 g/mol. The first kappa shape index (κ1) is 14.7. The van der Waals surface area contributed by atoms with Crippen molar-refractivity contribution in [1.82, 2.24) is 9.88 Å². The maximum absolute atomic E-state index is 6.04. The smallest absolute Gasteiger partial charge is 0.137 e. The Morgan fingerprint density at radius 3 is 3.17 bits per heavy atom. The third kappa shape index (κ3) is 3.12. The van der Waals surface area contributed by atoms with Gasteiger partial charge in [-0.25, -0.2) is 0 Å². The molecule has 2 aliphatic rings. The maximum atomic E-state index is 6.04. The zero-order valence-electron chi connectivity index (χ0n) is 13.2. The predicted molar refractivity (Wildman–Crippen MR) is 85.1 cm³/mol. The van der Waals surface area contributed by atoms with Crippen LogP contribution in [0.2, 0.25) is 0 Å². The molecule has 23 heavy (non-hydrogen) atoms. The second kappa shape index (κ2) is 6.34. The summed E-state index contributed by atoms with van der Waals surface area (Å²) in [4.78, 5) is 6.57. The van der Waals surface area contributed by atoms with Gasteiger partial charge in [0.2, 0.25) is 0 Å². The summed E-state index contributed by atoms with van der Waals surface area (Å²) in [7, 11) is 0. The van der Waals surface area contributed by atoms with Crippen LogP contribution < -0.4 is 4.74 Å². The summed E-state index contributed by atoms with van der Waals surface area (Å²) in [5.74, 6) is 1.85. The lowest BCUT2D eigenvalue weighted by molar-refractivity contribution is -0.0427. The molecule has 0 amide bonds. The highest BCUT2D eigenvalue weighted by molar-refractivity contribution is 5.16. The lowest BCUT2D eigenvalue weighted by Crippen LogP contribution is -2.52. The number of hydrogen-bond acceptors (Lipinski definition) is 5. The molecule has 4 heterocycles. The van der Waals surface area contributed by atoms with Crippen LogP contribution in [0.15, 0.2) is 47.3 Å². The normalized spacial score (nSPS) is 27.7. The van der Waals surface area contributed by atoms with Gasteiger partial charge in [-0.05, 0) is 37.1 Å². The molecule has 2 atom stereocenters. The van der Waals surface area contributed by atoms with Gasteiger partial charge in [-0.3, -0.25) is 9.88 Å². The van der Waals surface area contributed by atoms with E-state index < -0.39 is 0 Å². The summed E-state index contributed by atoms with van der Waals surface area (Å²) in [6, 6.07) is 7.84. The number of rotatable bonds is 5. The van der Waals surface area contributed by atoms with E-state index in [0.29, 0.717) is 12.7 Å². The van der Waals surface area contributed by atoms with Gasteiger partial charge >= 0.3 is 0 Å². The fourth-order valence-electron chi connectivity index (χ4n) is 3.77. The summed E-state index contributed by atoms with van der Waals surface area (Å²) in [5.41, 5.74) is 0.0701. The average molecular weight is 314 g/mol. The van der Waals surface area contributed by atoms with Gasteiger partial charge in [-0.1, -0.05) is 0 Å². The van der Waals surface area contributed by atoms with E-state index in [2.05, 4.69) is 9.88 Å². The summed E-state index contributed by atoms with van der Waals surface area (Å²) >= 11 is 0. The third-order valence-corrected chi connectivity index (χ3v) is 4.97. The Kier molecular flexibility index (Phi) is 4.06. The fourth-order valence-corrected chi connectivity index (χ4v) is 3.77. The van der Waals surface area contributed by atoms with Gasteiger partial charge in [0.05, 0.1) is 31.7 Å². The highest BCUT2D eigenvalue weighted by Gasteiger charge is 2.48. The molecule has 0 N–H and O–H groups in total. The van der Waals surface area contributed by atoms with Crippen LogP contribution in [-0.2, 0) is 11.3 Å². The highest BCUT2D eigenvalue weighted by Crippen LogP contribution is 2.41. The molecule has 0 bridgehead atoms. The van der Waals surface area contributed by atoms with Crippen molar-refractivity contribution >= 4 is 0 Å². The number of furan rings is 1. The standard InChI is InChI=1S/C18H22N2O3/c1-3-15(11-19-7-1)23-14-18-6-10-22-17(18)5-8-20(13-18)12-16-4-2-9-21-16/h1-4,7,9,11,17H,5-6,8,10,12-14H2/t17-,18+/m1/s1. The molecule has 0 aromatic carbocycles. The molecule has 2 saturated heterocycles.